The van der Waals surface area contributed by atoms with Gasteiger partial charge < -0.3 is 20.3 Å². The minimum Gasteiger partial charge on any atom is -0.356 e. The van der Waals surface area contributed by atoms with Gasteiger partial charge in [-0.2, -0.15) is 0 Å². The van der Waals surface area contributed by atoms with Gasteiger partial charge in [-0.15, -0.1) is 6.58 Å². The van der Waals surface area contributed by atoms with Crippen molar-refractivity contribution in [3.63, 3.8) is 0 Å². The smallest absolute Gasteiger partial charge is 0.246 e. The van der Waals surface area contributed by atoms with Crippen molar-refractivity contribution in [1.82, 2.24) is 15.5 Å². The van der Waals surface area contributed by atoms with Crippen LogP contribution < -0.4 is 10.6 Å². The summed E-state index contributed by atoms with van der Waals surface area (Å²) in [6, 6.07) is -0.480. The molecule has 0 radical (unpaired) electrons. The summed E-state index contributed by atoms with van der Waals surface area (Å²) in [6.07, 6.45) is 13.7. The molecule has 5 aliphatic rings. The zero-order valence-electron chi connectivity index (χ0n) is 18.3. The molecule has 0 aromatic heterocycles. The highest BCUT2D eigenvalue weighted by molar-refractivity contribution is 6.00. The average molecular weight is 428 g/mol. The average Bonchev–Trinajstić information content (AvgIpc) is 3.52. The minimum atomic E-state index is -1.10. The van der Waals surface area contributed by atoms with Crippen molar-refractivity contribution in [3.05, 3.63) is 24.8 Å². The van der Waals surface area contributed by atoms with E-state index in [2.05, 4.69) is 17.2 Å². The van der Waals surface area contributed by atoms with Crippen molar-refractivity contribution in [1.29, 1.82) is 0 Å². The summed E-state index contributed by atoms with van der Waals surface area (Å²) in [5.74, 6) is -1.83. The molecule has 0 aromatic rings. The molecule has 2 N–H and O–H groups in total. The van der Waals surface area contributed by atoms with Gasteiger partial charge in [-0.1, -0.05) is 43.9 Å². The number of nitrogens with zero attached hydrogens (tertiary/aromatic N) is 1. The molecule has 2 aliphatic carbocycles. The second kappa shape index (κ2) is 7.47. The van der Waals surface area contributed by atoms with Gasteiger partial charge in [-0.05, 0) is 32.6 Å². The number of likely N-dealkylation sites (tertiary alicyclic amines) is 1. The van der Waals surface area contributed by atoms with E-state index in [-0.39, 0.29) is 36.3 Å². The van der Waals surface area contributed by atoms with Crippen LogP contribution >= 0.6 is 0 Å². The summed E-state index contributed by atoms with van der Waals surface area (Å²) < 4.78 is 6.49. The molecule has 1 spiro atoms. The zero-order valence-corrected chi connectivity index (χ0v) is 18.3. The number of hydrogen-bond donors (Lipinski definition) is 2. The summed E-state index contributed by atoms with van der Waals surface area (Å²) in [6.45, 7) is 5.90. The fraction of sp³-hybridized carbons (Fsp3) is 0.708. The lowest BCUT2D eigenvalue weighted by molar-refractivity contribution is -0.144. The molecule has 3 heterocycles. The Kier molecular flexibility index (Phi) is 5.00. The molecule has 3 amide bonds. The van der Waals surface area contributed by atoms with Gasteiger partial charge >= 0.3 is 0 Å². The van der Waals surface area contributed by atoms with Gasteiger partial charge in [0.05, 0.1) is 17.4 Å². The van der Waals surface area contributed by atoms with Gasteiger partial charge in [0, 0.05) is 18.6 Å². The second-order valence-electron chi connectivity index (χ2n) is 10.1. The molecule has 4 fully saturated rings. The van der Waals surface area contributed by atoms with Crippen LogP contribution in [0.15, 0.2) is 24.8 Å². The van der Waals surface area contributed by atoms with E-state index in [0.29, 0.717) is 0 Å². The fourth-order valence-electron chi connectivity index (χ4n) is 6.68. The lowest BCUT2D eigenvalue weighted by atomic mass is 9.70. The molecule has 2 bridgehead atoms. The number of ether oxygens (including phenoxy) is 1. The first-order valence-corrected chi connectivity index (χ1v) is 11.8. The SMILES string of the molecule is C=CCN1C(=O)[C@@H]2[C@H](C(=O)NC3CCCC3)[C@@]3(C)C=C[C@@]2(O3)[C@@H]1C(=O)NC1CCCC1. The van der Waals surface area contributed by atoms with E-state index in [1.54, 1.807) is 11.0 Å². The molecule has 3 aliphatic heterocycles. The minimum absolute atomic E-state index is 0.130. The third kappa shape index (κ3) is 3.07. The Morgan fingerprint density at radius 3 is 2.26 bits per heavy atom. The topological polar surface area (TPSA) is 87.7 Å². The molecule has 2 saturated heterocycles. The van der Waals surface area contributed by atoms with Crippen LogP contribution in [0.4, 0.5) is 0 Å². The monoisotopic (exact) mass is 427 g/mol. The standard InChI is InChI=1S/C24H33N3O4/c1-3-14-27-19(21(29)26-16-10-6-7-11-16)24-13-12-23(2,31-24)17(18(24)22(27)30)20(28)25-15-8-4-5-9-15/h3,12-13,15-19H,1,4-11,14H2,2H3,(H,25,28)(H,26,29)/t17-,18+,19+,23-,24+/m1/s1. The van der Waals surface area contributed by atoms with Gasteiger partial charge in [-0.25, -0.2) is 0 Å². The summed E-state index contributed by atoms with van der Waals surface area (Å²) in [5, 5.41) is 6.32. The Labute approximate surface area is 183 Å². The summed E-state index contributed by atoms with van der Waals surface area (Å²) >= 11 is 0. The summed E-state index contributed by atoms with van der Waals surface area (Å²) in [4.78, 5) is 42.0. The predicted octanol–water partition coefficient (Wildman–Crippen LogP) is 1.83. The maximum Gasteiger partial charge on any atom is 0.246 e. The van der Waals surface area contributed by atoms with Crippen LogP contribution in [0.25, 0.3) is 0 Å². The number of fused-ring (bicyclic) bond motifs is 1. The molecular formula is C24H33N3O4. The van der Waals surface area contributed by atoms with Crippen molar-refractivity contribution in [3.8, 4) is 0 Å². The van der Waals surface area contributed by atoms with Crippen LogP contribution in [0.5, 0.6) is 0 Å². The quantitative estimate of drug-likeness (QED) is 0.633. The lowest BCUT2D eigenvalue weighted by Gasteiger charge is -2.33. The van der Waals surface area contributed by atoms with Crippen molar-refractivity contribution in [2.75, 3.05) is 6.54 Å². The van der Waals surface area contributed by atoms with Crippen LogP contribution in [0.3, 0.4) is 0 Å². The van der Waals surface area contributed by atoms with Gasteiger partial charge in [-0.3, -0.25) is 14.4 Å². The van der Waals surface area contributed by atoms with Crippen molar-refractivity contribution in [2.24, 2.45) is 11.8 Å². The first-order valence-electron chi connectivity index (χ1n) is 11.8. The summed E-state index contributed by atoms with van der Waals surface area (Å²) in [5.41, 5.74) is -1.98. The van der Waals surface area contributed by atoms with Crippen LogP contribution in [0.2, 0.25) is 0 Å². The lowest BCUT2D eigenvalue weighted by Crippen LogP contribution is -2.56. The van der Waals surface area contributed by atoms with Gasteiger partial charge in [0.25, 0.3) is 0 Å². The van der Waals surface area contributed by atoms with Crippen LogP contribution in [0, 0.1) is 11.8 Å². The van der Waals surface area contributed by atoms with E-state index >= 15 is 0 Å². The van der Waals surface area contributed by atoms with Gasteiger partial charge in [0.15, 0.2) is 0 Å². The number of carbonyl (C=O) groups excluding carboxylic acids is 3. The van der Waals surface area contributed by atoms with Gasteiger partial charge in [0.2, 0.25) is 17.7 Å². The molecule has 7 heteroatoms. The molecule has 5 atom stereocenters. The zero-order chi connectivity index (χ0) is 21.8. The number of carbonyl (C=O) groups is 3. The third-order valence-electron chi connectivity index (χ3n) is 8.06. The number of amides is 3. The van der Waals surface area contributed by atoms with Crippen molar-refractivity contribution >= 4 is 17.7 Å². The number of nitrogens with one attached hydrogen (secondary N) is 2. The van der Waals surface area contributed by atoms with E-state index in [4.69, 9.17) is 4.74 Å². The Morgan fingerprint density at radius 1 is 1.10 bits per heavy atom. The van der Waals surface area contributed by atoms with Crippen molar-refractivity contribution < 1.29 is 19.1 Å². The van der Waals surface area contributed by atoms with E-state index in [1.165, 1.54) is 0 Å². The molecule has 168 valence electrons. The van der Waals surface area contributed by atoms with Crippen LogP contribution in [-0.4, -0.2) is 58.5 Å². The van der Waals surface area contributed by atoms with E-state index in [1.807, 2.05) is 19.1 Å². The normalized spacial score (nSPS) is 39.3. The molecule has 5 rings (SSSR count). The highest BCUT2D eigenvalue weighted by Gasteiger charge is 2.76. The number of hydrogen-bond acceptors (Lipinski definition) is 4. The highest BCUT2D eigenvalue weighted by atomic mass is 16.5. The first-order chi connectivity index (χ1) is 14.9. The largest absolute Gasteiger partial charge is 0.356 e. The Bertz CT molecular complexity index is 829. The molecule has 0 unspecified atom stereocenters. The first kappa shape index (κ1) is 20.7. The van der Waals surface area contributed by atoms with Gasteiger partial charge in [0.1, 0.15) is 11.6 Å². The fourth-order valence-corrected chi connectivity index (χ4v) is 6.68. The highest BCUT2D eigenvalue weighted by Crippen LogP contribution is 2.59. The Morgan fingerprint density at radius 2 is 1.68 bits per heavy atom. The Hall–Kier alpha value is -2.15. The van der Waals surface area contributed by atoms with Crippen molar-refractivity contribution in [2.45, 2.75) is 87.6 Å². The van der Waals surface area contributed by atoms with E-state index in [9.17, 15) is 14.4 Å². The number of rotatable bonds is 6. The van der Waals surface area contributed by atoms with E-state index in [0.717, 1.165) is 51.4 Å². The Balaban J connectivity index is 1.46. The van der Waals surface area contributed by atoms with Crippen LogP contribution in [-0.2, 0) is 19.1 Å². The molecule has 7 nitrogen and oxygen atoms in total. The summed E-state index contributed by atoms with van der Waals surface area (Å²) in [7, 11) is 0. The second-order valence-corrected chi connectivity index (χ2v) is 10.1. The third-order valence-corrected chi connectivity index (χ3v) is 8.06. The van der Waals surface area contributed by atoms with Crippen LogP contribution in [0.1, 0.15) is 58.3 Å². The maximum absolute atomic E-state index is 13.6. The molecule has 0 aromatic carbocycles. The molecular weight excluding hydrogens is 394 g/mol. The predicted molar refractivity (Wildman–Crippen MR) is 115 cm³/mol. The molecule has 2 saturated carbocycles. The molecule has 31 heavy (non-hydrogen) atoms. The van der Waals surface area contributed by atoms with E-state index < -0.39 is 29.1 Å². The maximum atomic E-state index is 13.6.